The summed E-state index contributed by atoms with van der Waals surface area (Å²) in [6.07, 6.45) is 11.5. The van der Waals surface area contributed by atoms with Gasteiger partial charge in [0.1, 0.15) is 24.4 Å². The summed E-state index contributed by atoms with van der Waals surface area (Å²) in [5, 5.41) is 51.6. The molecule has 0 spiro atoms. The van der Waals surface area contributed by atoms with Crippen molar-refractivity contribution in [3.05, 3.63) is 0 Å². The van der Waals surface area contributed by atoms with E-state index in [9.17, 15) is 35.1 Å². The van der Waals surface area contributed by atoms with Crippen LogP contribution in [0.1, 0.15) is 163 Å². The van der Waals surface area contributed by atoms with Crippen LogP contribution in [0.3, 0.4) is 0 Å². The third kappa shape index (κ3) is 15.6. The van der Waals surface area contributed by atoms with E-state index in [0.717, 1.165) is 44.9 Å². The second-order valence-electron chi connectivity index (χ2n) is 12.4. The number of carbonyl (C=O) groups is 2. The van der Waals surface area contributed by atoms with E-state index in [1.807, 2.05) is 0 Å². The van der Waals surface area contributed by atoms with Crippen LogP contribution in [0.2, 0.25) is 0 Å². The molecule has 7 atom stereocenters. The second kappa shape index (κ2) is 24.2. The van der Waals surface area contributed by atoms with Gasteiger partial charge in [0.05, 0.1) is 6.61 Å². The normalized spacial score (nSPS) is 25.7. The molecule has 0 radical (unpaired) electrons. The van der Waals surface area contributed by atoms with Crippen LogP contribution in [0.25, 0.3) is 0 Å². The molecule has 43 heavy (non-hydrogen) atoms. The third-order valence-corrected chi connectivity index (χ3v) is 8.61. The van der Waals surface area contributed by atoms with Crippen LogP contribution in [0.15, 0.2) is 0 Å². The maximum absolute atomic E-state index is 13.4. The smallest absolute Gasteiger partial charge is 0.306 e. The van der Waals surface area contributed by atoms with Gasteiger partial charge in [-0.15, -0.1) is 0 Å². The fourth-order valence-electron chi connectivity index (χ4n) is 5.73. The van der Waals surface area contributed by atoms with Gasteiger partial charge in [-0.2, -0.15) is 0 Å². The van der Waals surface area contributed by atoms with E-state index < -0.39 is 61.1 Å². The summed E-state index contributed by atoms with van der Waals surface area (Å²) in [6, 6.07) is 0. The molecule has 0 amide bonds. The Morgan fingerprint density at radius 3 is 1.65 bits per heavy atom. The zero-order chi connectivity index (χ0) is 32.8. The quantitative estimate of drug-likeness (QED) is 0.0582. The van der Waals surface area contributed by atoms with E-state index in [0.29, 0.717) is 12.8 Å². The van der Waals surface area contributed by atoms with Gasteiger partial charge in [0.15, 0.2) is 17.7 Å². The summed E-state index contributed by atoms with van der Waals surface area (Å²) in [7, 11) is 0. The van der Waals surface area contributed by atoms with E-state index in [-0.39, 0.29) is 12.8 Å². The van der Waals surface area contributed by atoms with Crippen LogP contribution in [0.5, 0.6) is 0 Å². The van der Waals surface area contributed by atoms with Gasteiger partial charge in [0.2, 0.25) is 0 Å². The molecule has 1 heterocycles. The number of carbonyl (C=O) groups excluding carboxylic acids is 2. The first-order chi connectivity index (χ1) is 21.1. The van der Waals surface area contributed by atoms with E-state index in [4.69, 9.17) is 10.8 Å². The van der Waals surface area contributed by atoms with Gasteiger partial charge in [-0.1, -0.05) is 129 Å². The van der Waals surface area contributed by atoms with E-state index in [1.54, 1.807) is 0 Å². The molecule has 5 N–H and O–H groups in total. The molecule has 1 aliphatic rings. The lowest BCUT2D eigenvalue weighted by atomic mass is 9.78. The van der Waals surface area contributed by atoms with Gasteiger partial charge in [0.25, 0.3) is 0 Å². The number of aliphatic hydroxyl groups is 5. The van der Waals surface area contributed by atoms with Crippen molar-refractivity contribution in [3.63, 3.8) is 0 Å². The van der Waals surface area contributed by atoms with Crippen molar-refractivity contribution in [1.82, 2.24) is 0 Å². The summed E-state index contributed by atoms with van der Waals surface area (Å²) < 4.78 is 19.2. The monoisotopic (exact) mass is 617 g/mol. The molecule has 9 nitrogen and oxygen atoms in total. The summed E-state index contributed by atoms with van der Waals surface area (Å²) in [4.78, 5) is 26.2. The first-order valence-corrected chi connectivity index (χ1v) is 17.3. The topological polar surface area (TPSA) is 154 Å². The van der Waals surface area contributed by atoms with Gasteiger partial charge in [0, 0.05) is 14.2 Å². The molecule has 1 rings (SSSR count). The fraction of sp³-hybridized carbons (Fsp3) is 0.941. The van der Waals surface area contributed by atoms with E-state index in [1.165, 1.54) is 70.6 Å². The molecular formula is C34H64O9. The molecule has 0 aromatic carbocycles. The van der Waals surface area contributed by atoms with Crippen LogP contribution in [0.4, 0.5) is 0 Å². The fourth-order valence-corrected chi connectivity index (χ4v) is 5.73. The molecular weight excluding hydrogens is 552 g/mol. The molecule has 0 saturated carbocycles. The molecule has 0 aromatic rings. The van der Waals surface area contributed by atoms with Gasteiger partial charge < -0.3 is 35.0 Å². The lowest BCUT2D eigenvalue weighted by Crippen LogP contribution is -2.70. The number of rotatable bonds is 27. The highest BCUT2D eigenvalue weighted by Gasteiger charge is 2.59. The van der Waals surface area contributed by atoms with Crippen molar-refractivity contribution in [2.75, 3.05) is 6.61 Å². The maximum atomic E-state index is 13.4. The second-order valence-corrected chi connectivity index (χ2v) is 12.4. The minimum absolute atomic E-state index is 0.154. The van der Waals surface area contributed by atoms with Crippen LogP contribution >= 0.6 is 0 Å². The molecule has 0 aromatic heterocycles. The van der Waals surface area contributed by atoms with Crippen molar-refractivity contribution >= 4 is 11.8 Å². The average Bonchev–Trinajstić information content (AvgIpc) is 3.02. The Hall–Kier alpha value is -1.10. The Balaban J connectivity index is 2.67. The standard InChI is InChI=1S/C34H64O9/c1-3-5-7-9-11-13-14-16-18-20-22-24-30(37)42-27(23-21-19-17-15-12-10-8-6-4-2)25-29(36)34(41)31(38)28(26-35)43-33(40)32(34)39/h27-28,31-33,35,38-41H,3-26H2,1-2H3/t27?,28-,31-,32+,33?,34+/m1/s1/i25D/t25?,27?,28-,31-,32+,33?,34+. The lowest BCUT2D eigenvalue weighted by molar-refractivity contribution is -0.311. The third-order valence-electron chi connectivity index (χ3n) is 8.61. The molecule has 1 saturated heterocycles. The van der Waals surface area contributed by atoms with Crippen LogP contribution in [-0.2, 0) is 19.1 Å². The molecule has 1 aliphatic heterocycles. The molecule has 0 aliphatic carbocycles. The Labute approximate surface area is 262 Å². The van der Waals surface area contributed by atoms with E-state index in [2.05, 4.69) is 13.8 Å². The Bertz CT molecular complexity index is 754. The van der Waals surface area contributed by atoms with Gasteiger partial charge >= 0.3 is 5.97 Å². The van der Waals surface area contributed by atoms with Gasteiger partial charge in [-0.3, -0.25) is 9.59 Å². The Morgan fingerprint density at radius 1 is 0.744 bits per heavy atom. The van der Waals surface area contributed by atoms with Crippen molar-refractivity contribution in [1.29, 1.82) is 0 Å². The van der Waals surface area contributed by atoms with Crippen LogP contribution in [-0.4, -0.2) is 80.2 Å². The molecule has 0 bridgehead atoms. The number of Topliss-reactive ketones (excluding diaryl/α,β-unsaturated/α-hetero) is 1. The first kappa shape index (κ1) is 38.1. The van der Waals surface area contributed by atoms with Crippen LogP contribution < -0.4 is 0 Å². The zero-order valence-corrected chi connectivity index (χ0v) is 27.1. The predicted molar refractivity (Wildman–Crippen MR) is 167 cm³/mol. The Kier molecular flexibility index (Phi) is 21.4. The average molecular weight is 618 g/mol. The SMILES string of the molecule is [2H]C(C(=O)[C@]1(O)[C@H](O)[C@@H](CO)OC(O)[C@@H]1O)C(CCCCCCCCCCC)OC(=O)CCCCCCCCCCCCC. The molecule has 254 valence electrons. The minimum Gasteiger partial charge on any atom is -0.462 e. The highest BCUT2D eigenvalue weighted by molar-refractivity contribution is 5.89. The number of ketones is 1. The predicted octanol–water partition coefficient (Wildman–Crippen LogP) is 5.64. The van der Waals surface area contributed by atoms with Gasteiger partial charge in [-0.25, -0.2) is 0 Å². The largest absolute Gasteiger partial charge is 0.462 e. The minimum atomic E-state index is -2.98. The van der Waals surface area contributed by atoms with Crippen molar-refractivity contribution in [2.24, 2.45) is 0 Å². The summed E-state index contributed by atoms with van der Waals surface area (Å²) in [5.41, 5.74) is -2.98. The summed E-state index contributed by atoms with van der Waals surface area (Å²) in [5.74, 6) is -1.82. The number of esters is 1. The first-order valence-electron chi connectivity index (χ1n) is 17.9. The highest BCUT2D eigenvalue weighted by Crippen LogP contribution is 2.32. The van der Waals surface area contributed by atoms with Crippen molar-refractivity contribution in [2.45, 2.75) is 198 Å². The number of hydrogen-bond acceptors (Lipinski definition) is 9. The molecule has 9 heteroatoms. The number of hydrogen-bond donors (Lipinski definition) is 5. The van der Waals surface area contributed by atoms with E-state index >= 15 is 0 Å². The number of aliphatic hydroxyl groups excluding tert-OH is 4. The number of unbranched alkanes of at least 4 members (excludes halogenated alkanes) is 18. The highest BCUT2D eigenvalue weighted by atomic mass is 16.6. The maximum Gasteiger partial charge on any atom is 0.306 e. The van der Waals surface area contributed by atoms with Crippen molar-refractivity contribution < 1.29 is 46.0 Å². The van der Waals surface area contributed by atoms with Crippen molar-refractivity contribution in [3.8, 4) is 0 Å². The van der Waals surface area contributed by atoms with Gasteiger partial charge in [-0.05, 0) is 19.3 Å². The number of ether oxygens (including phenoxy) is 2. The van der Waals surface area contributed by atoms with Crippen LogP contribution in [0, 0.1) is 0 Å². The molecule has 1 fully saturated rings. The molecule has 3 unspecified atom stereocenters. The lowest BCUT2D eigenvalue weighted by Gasteiger charge is -2.45. The summed E-state index contributed by atoms with van der Waals surface area (Å²) >= 11 is 0. The Morgan fingerprint density at radius 2 is 1.19 bits per heavy atom. The summed E-state index contributed by atoms with van der Waals surface area (Å²) in [6.45, 7) is 3.56. The zero-order valence-electron chi connectivity index (χ0n) is 28.1.